The van der Waals surface area contributed by atoms with Gasteiger partial charge in [0.15, 0.2) is 0 Å². The van der Waals surface area contributed by atoms with Gasteiger partial charge in [-0.25, -0.2) is 0 Å². The zero-order chi connectivity index (χ0) is 17.6. The smallest absolute Gasteiger partial charge is 0.314 e. The molecule has 0 aliphatic heterocycles. The number of rotatable bonds is 7. The van der Waals surface area contributed by atoms with E-state index in [0.717, 1.165) is 5.75 Å². The third kappa shape index (κ3) is 4.13. The van der Waals surface area contributed by atoms with Crippen LogP contribution in [0, 0.1) is 0 Å². The van der Waals surface area contributed by atoms with Gasteiger partial charge in [0, 0.05) is 12.1 Å². The lowest BCUT2D eigenvalue weighted by Gasteiger charge is -2.24. The molecule has 0 saturated heterocycles. The summed E-state index contributed by atoms with van der Waals surface area (Å²) < 4.78 is 5.35. The van der Waals surface area contributed by atoms with E-state index in [2.05, 4.69) is 5.32 Å². The van der Waals surface area contributed by atoms with Crippen molar-refractivity contribution in [1.29, 1.82) is 0 Å². The molecule has 2 rings (SSSR count). The molecule has 0 spiro atoms. The summed E-state index contributed by atoms with van der Waals surface area (Å²) in [5, 5.41) is 12.3. The number of hydrogen-bond acceptors (Lipinski definition) is 3. The summed E-state index contributed by atoms with van der Waals surface area (Å²) in [4.78, 5) is 24.0. The topological polar surface area (TPSA) is 75.6 Å². The van der Waals surface area contributed by atoms with E-state index < -0.39 is 11.4 Å². The van der Waals surface area contributed by atoms with Crippen LogP contribution in [0.3, 0.4) is 0 Å². The highest BCUT2D eigenvalue weighted by Crippen LogP contribution is 2.28. The summed E-state index contributed by atoms with van der Waals surface area (Å²) >= 11 is 0. The molecule has 0 aromatic heterocycles. The highest BCUT2D eigenvalue weighted by molar-refractivity contribution is 5.96. The lowest BCUT2D eigenvalue weighted by atomic mass is 9.79. The predicted octanol–water partition coefficient (Wildman–Crippen LogP) is 3.46. The average Bonchev–Trinajstić information content (AvgIpc) is 2.57. The standard InChI is InChI=1S/C19H21NO4/c1-3-24-16-11-9-15(10-12-16)20-17(21)13-19(2,18(22)23)14-7-5-4-6-8-14/h4-12H,3,13H2,1-2H3,(H,20,21)(H,22,23). The highest BCUT2D eigenvalue weighted by Gasteiger charge is 2.37. The predicted molar refractivity (Wildman–Crippen MR) is 92.3 cm³/mol. The molecule has 2 aromatic carbocycles. The maximum Gasteiger partial charge on any atom is 0.314 e. The number of aliphatic carboxylic acids is 1. The molecule has 5 nitrogen and oxygen atoms in total. The third-order valence-corrected chi connectivity index (χ3v) is 3.85. The zero-order valence-corrected chi connectivity index (χ0v) is 13.8. The molecule has 2 aromatic rings. The fourth-order valence-corrected chi connectivity index (χ4v) is 2.43. The molecule has 0 bridgehead atoms. The van der Waals surface area contributed by atoms with E-state index in [0.29, 0.717) is 17.9 Å². The van der Waals surface area contributed by atoms with Gasteiger partial charge in [0.2, 0.25) is 5.91 Å². The number of amides is 1. The Morgan fingerprint density at radius 3 is 2.25 bits per heavy atom. The van der Waals surface area contributed by atoms with Gasteiger partial charge in [0.1, 0.15) is 5.75 Å². The normalized spacial score (nSPS) is 12.9. The molecule has 0 heterocycles. The van der Waals surface area contributed by atoms with Gasteiger partial charge in [-0.2, -0.15) is 0 Å². The molecule has 0 aliphatic rings. The first-order valence-electron chi connectivity index (χ1n) is 7.77. The van der Waals surface area contributed by atoms with Crippen LogP contribution in [-0.4, -0.2) is 23.6 Å². The molecule has 126 valence electrons. The van der Waals surface area contributed by atoms with Gasteiger partial charge >= 0.3 is 5.97 Å². The number of carboxylic acid groups (broad SMARTS) is 1. The second-order valence-corrected chi connectivity index (χ2v) is 5.69. The van der Waals surface area contributed by atoms with Crippen molar-refractivity contribution in [2.45, 2.75) is 25.7 Å². The highest BCUT2D eigenvalue weighted by atomic mass is 16.5. The number of carbonyl (C=O) groups is 2. The van der Waals surface area contributed by atoms with E-state index in [9.17, 15) is 14.7 Å². The van der Waals surface area contributed by atoms with Crippen molar-refractivity contribution in [3.05, 3.63) is 60.2 Å². The molecular formula is C19H21NO4. The Kier molecular flexibility index (Phi) is 5.58. The Bertz CT molecular complexity index is 697. The average molecular weight is 327 g/mol. The summed E-state index contributed by atoms with van der Waals surface area (Å²) in [6.45, 7) is 4.02. The number of anilines is 1. The molecule has 2 N–H and O–H groups in total. The summed E-state index contributed by atoms with van der Waals surface area (Å²) in [6.07, 6.45) is -0.153. The number of hydrogen-bond donors (Lipinski definition) is 2. The van der Waals surface area contributed by atoms with Gasteiger partial charge < -0.3 is 15.2 Å². The van der Waals surface area contributed by atoms with Gasteiger partial charge in [-0.3, -0.25) is 9.59 Å². The van der Waals surface area contributed by atoms with Crippen LogP contribution in [0.5, 0.6) is 5.75 Å². The lowest BCUT2D eigenvalue weighted by molar-refractivity contribution is -0.145. The van der Waals surface area contributed by atoms with Crippen molar-refractivity contribution in [3.8, 4) is 5.75 Å². The Labute approximate surface area is 141 Å². The lowest BCUT2D eigenvalue weighted by Crippen LogP contribution is -2.36. The van der Waals surface area contributed by atoms with Crippen molar-refractivity contribution in [2.24, 2.45) is 0 Å². The fourth-order valence-electron chi connectivity index (χ4n) is 2.43. The molecule has 0 saturated carbocycles. The number of benzene rings is 2. The van der Waals surface area contributed by atoms with Crippen LogP contribution in [0.15, 0.2) is 54.6 Å². The number of carboxylic acids is 1. The molecule has 24 heavy (non-hydrogen) atoms. The van der Waals surface area contributed by atoms with Crippen LogP contribution in [0.1, 0.15) is 25.8 Å². The zero-order valence-electron chi connectivity index (χ0n) is 13.8. The molecule has 1 unspecified atom stereocenters. The van der Waals surface area contributed by atoms with Gasteiger partial charge in [0.25, 0.3) is 0 Å². The Hall–Kier alpha value is -2.82. The van der Waals surface area contributed by atoms with E-state index >= 15 is 0 Å². The van der Waals surface area contributed by atoms with E-state index in [4.69, 9.17) is 4.74 Å². The van der Waals surface area contributed by atoms with E-state index in [1.165, 1.54) is 0 Å². The van der Waals surface area contributed by atoms with Crippen LogP contribution in [0.25, 0.3) is 0 Å². The maximum atomic E-state index is 12.3. The van der Waals surface area contributed by atoms with Crippen molar-refractivity contribution in [3.63, 3.8) is 0 Å². The van der Waals surface area contributed by atoms with Gasteiger partial charge in [-0.15, -0.1) is 0 Å². The van der Waals surface area contributed by atoms with Crippen LogP contribution in [-0.2, 0) is 15.0 Å². The number of carbonyl (C=O) groups excluding carboxylic acids is 1. The second-order valence-electron chi connectivity index (χ2n) is 5.69. The number of ether oxygens (including phenoxy) is 1. The molecule has 5 heteroatoms. The third-order valence-electron chi connectivity index (χ3n) is 3.85. The van der Waals surface area contributed by atoms with E-state index in [1.54, 1.807) is 55.5 Å². The monoisotopic (exact) mass is 327 g/mol. The van der Waals surface area contributed by atoms with Crippen LogP contribution < -0.4 is 10.1 Å². The minimum atomic E-state index is -1.28. The van der Waals surface area contributed by atoms with Crippen molar-refractivity contribution in [1.82, 2.24) is 0 Å². The van der Waals surface area contributed by atoms with Gasteiger partial charge in [-0.1, -0.05) is 30.3 Å². The van der Waals surface area contributed by atoms with Crippen molar-refractivity contribution < 1.29 is 19.4 Å². The van der Waals surface area contributed by atoms with Gasteiger partial charge in [-0.05, 0) is 43.7 Å². The largest absolute Gasteiger partial charge is 0.494 e. The SMILES string of the molecule is CCOc1ccc(NC(=O)CC(C)(C(=O)O)c2ccccc2)cc1. The minimum Gasteiger partial charge on any atom is -0.494 e. The first kappa shape index (κ1) is 17.5. The molecule has 0 radical (unpaired) electrons. The fraction of sp³-hybridized carbons (Fsp3) is 0.263. The van der Waals surface area contributed by atoms with Crippen LogP contribution in [0.4, 0.5) is 5.69 Å². The Morgan fingerprint density at radius 1 is 1.08 bits per heavy atom. The van der Waals surface area contributed by atoms with Gasteiger partial charge in [0.05, 0.1) is 12.0 Å². The van der Waals surface area contributed by atoms with E-state index in [1.807, 2.05) is 13.0 Å². The maximum absolute atomic E-state index is 12.3. The molecule has 0 aliphatic carbocycles. The molecular weight excluding hydrogens is 306 g/mol. The molecule has 1 atom stereocenters. The quantitative estimate of drug-likeness (QED) is 0.816. The summed E-state index contributed by atoms with van der Waals surface area (Å²) in [5.41, 5.74) is -0.0834. The summed E-state index contributed by atoms with van der Waals surface area (Å²) in [7, 11) is 0. The first-order chi connectivity index (χ1) is 11.5. The number of nitrogens with one attached hydrogen (secondary N) is 1. The van der Waals surface area contributed by atoms with Crippen LogP contribution >= 0.6 is 0 Å². The second kappa shape index (κ2) is 7.64. The van der Waals surface area contributed by atoms with Crippen LogP contribution in [0.2, 0.25) is 0 Å². The van der Waals surface area contributed by atoms with E-state index in [-0.39, 0.29) is 12.3 Å². The Morgan fingerprint density at radius 2 is 1.71 bits per heavy atom. The molecule has 0 fully saturated rings. The van der Waals surface area contributed by atoms with Crippen molar-refractivity contribution >= 4 is 17.6 Å². The summed E-state index contributed by atoms with van der Waals surface area (Å²) in [5.74, 6) is -0.668. The Balaban J connectivity index is 2.10. The van der Waals surface area contributed by atoms with Crippen molar-refractivity contribution in [2.75, 3.05) is 11.9 Å². The first-order valence-corrected chi connectivity index (χ1v) is 7.77. The molecule has 1 amide bonds. The summed E-state index contributed by atoms with van der Waals surface area (Å²) in [6, 6.07) is 15.7. The minimum absolute atomic E-state index is 0.153.